The van der Waals surface area contributed by atoms with Crippen LogP contribution in [0, 0.1) is 0 Å². The first-order chi connectivity index (χ1) is 11.9. The number of hydrogen-bond donors (Lipinski definition) is 1. The molecule has 25 heavy (non-hydrogen) atoms. The van der Waals surface area contributed by atoms with E-state index in [9.17, 15) is 18.0 Å². The van der Waals surface area contributed by atoms with Crippen LogP contribution < -0.4 is 5.32 Å². The smallest absolute Gasteiger partial charge is 0.431 e. The van der Waals surface area contributed by atoms with Gasteiger partial charge in [0.2, 0.25) is 11.1 Å². The number of allylic oxidation sites excluding steroid dienone is 1. The standard InChI is InChI=1S/C14H13F3N4O3S/c1-3-24-11(22)8-9(7-4-5-23-6-7)21-12(19-13(20-21)25-2)18-10(8)14(15,16)17/h4-6,9H,3H2,1-2H3,(H,18,19,20)/t9-/m0/s1. The topological polar surface area (TPSA) is 82.2 Å². The lowest BCUT2D eigenvalue weighted by molar-refractivity contribution is -0.140. The van der Waals surface area contributed by atoms with E-state index in [0.717, 1.165) is 0 Å². The van der Waals surface area contributed by atoms with Gasteiger partial charge in [0.25, 0.3) is 0 Å². The lowest BCUT2D eigenvalue weighted by atomic mass is 9.97. The minimum absolute atomic E-state index is 0.0636. The van der Waals surface area contributed by atoms with E-state index < -0.39 is 29.5 Å². The number of rotatable bonds is 4. The van der Waals surface area contributed by atoms with Gasteiger partial charge in [-0.05, 0) is 19.2 Å². The van der Waals surface area contributed by atoms with Gasteiger partial charge < -0.3 is 14.5 Å². The van der Waals surface area contributed by atoms with Crippen molar-refractivity contribution in [1.82, 2.24) is 14.8 Å². The van der Waals surface area contributed by atoms with Gasteiger partial charge in [0.15, 0.2) is 0 Å². The van der Waals surface area contributed by atoms with Crippen molar-refractivity contribution in [2.75, 3.05) is 18.2 Å². The van der Waals surface area contributed by atoms with Crippen molar-refractivity contribution in [2.24, 2.45) is 0 Å². The Morgan fingerprint density at radius 1 is 1.52 bits per heavy atom. The SMILES string of the molecule is CCOC(=O)C1=C(C(F)(F)F)Nc2nc(SC)nn2[C@H]1c1ccoc1. The summed E-state index contributed by atoms with van der Waals surface area (Å²) < 4.78 is 51.8. The highest BCUT2D eigenvalue weighted by atomic mass is 32.2. The van der Waals surface area contributed by atoms with Crippen LogP contribution >= 0.6 is 11.8 Å². The molecule has 1 atom stereocenters. The van der Waals surface area contributed by atoms with Crippen LogP contribution in [0.2, 0.25) is 0 Å². The third kappa shape index (κ3) is 3.11. The molecule has 0 amide bonds. The Morgan fingerprint density at radius 3 is 2.84 bits per heavy atom. The van der Waals surface area contributed by atoms with Crippen LogP contribution in [0.4, 0.5) is 19.1 Å². The number of nitrogens with zero attached hydrogens (tertiary/aromatic N) is 3. The molecule has 11 heteroatoms. The first-order valence-corrected chi connectivity index (χ1v) is 8.37. The van der Waals surface area contributed by atoms with Crippen LogP contribution in [-0.2, 0) is 9.53 Å². The molecule has 0 radical (unpaired) electrons. The fourth-order valence-electron chi connectivity index (χ4n) is 2.48. The van der Waals surface area contributed by atoms with Crippen LogP contribution in [0.15, 0.2) is 39.4 Å². The van der Waals surface area contributed by atoms with E-state index in [1.165, 1.54) is 42.0 Å². The maximum Gasteiger partial charge on any atom is 0.431 e. The monoisotopic (exact) mass is 374 g/mol. The highest BCUT2D eigenvalue weighted by Crippen LogP contribution is 2.41. The molecule has 134 valence electrons. The molecule has 0 spiro atoms. The van der Waals surface area contributed by atoms with Crippen LogP contribution in [0.1, 0.15) is 18.5 Å². The Kier molecular flexibility index (Phi) is 4.50. The predicted octanol–water partition coefficient (Wildman–Crippen LogP) is 2.99. The van der Waals surface area contributed by atoms with Gasteiger partial charge in [0.1, 0.15) is 11.7 Å². The van der Waals surface area contributed by atoms with E-state index in [1.807, 2.05) is 0 Å². The average Bonchev–Trinajstić information content (AvgIpc) is 3.21. The number of carbonyl (C=O) groups is 1. The van der Waals surface area contributed by atoms with Crippen molar-refractivity contribution < 1.29 is 27.1 Å². The van der Waals surface area contributed by atoms with E-state index in [-0.39, 0.29) is 17.7 Å². The summed E-state index contributed by atoms with van der Waals surface area (Å²) in [5, 5.41) is 6.61. The van der Waals surface area contributed by atoms with Crippen LogP contribution in [-0.4, -0.2) is 39.8 Å². The van der Waals surface area contributed by atoms with Crippen LogP contribution in [0.3, 0.4) is 0 Å². The largest absolute Gasteiger partial charge is 0.472 e. The number of furan rings is 1. The summed E-state index contributed by atoms with van der Waals surface area (Å²) in [7, 11) is 0. The summed E-state index contributed by atoms with van der Waals surface area (Å²) in [5.74, 6) is -1.20. The molecule has 7 nitrogen and oxygen atoms in total. The summed E-state index contributed by atoms with van der Waals surface area (Å²) in [4.78, 5) is 16.3. The van der Waals surface area contributed by atoms with Gasteiger partial charge in [-0.25, -0.2) is 9.48 Å². The lowest BCUT2D eigenvalue weighted by Gasteiger charge is -2.29. The van der Waals surface area contributed by atoms with Gasteiger partial charge >= 0.3 is 12.1 Å². The van der Waals surface area contributed by atoms with Gasteiger partial charge in [-0.3, -0.25) is 0 Å². The van der Waals surface area contributed by atoms with E-state index in [2.05, 4.69) is 15.4 Å². The maximum absolute atomic E-state index is 13.6. The number of carbonyl (C=O) groups excluding carboxylic acids is 1. The molecule has 0 bridgehead atoms. The van der Waals surface area contributed by atoms with E-state index in [4.69, 9.17) is 9.15 Å². The quantitative estimate of drug-likeness (QED) is 0.651. The second-order valence-electron chi connectivity index (χ2n) is 4.96. The molecule has 0 aliphatic carbocycles. The molecule has 2 aromatic rings. The van der Waals surface area contributed by atoms with Gasteiger partial charge in [0.05, 0.1) is 24.7 Å². The van der Waals surface area contributed by atoms with Gasteiger partial charge in [0, 0.05) is 5.56 Å². The Morgan fingerprint density at radius 2 is 2.28 bits per heavy atom. The summed E-state index contributed by atoms with van der Waals surface area (Å²) >= 11 is 1.17. The summed E-state index contributed by atoms with van der Waals surface area (Å²) in [6.07, 6.45) is -0.549. The molecule has 0 aromatic carbocycles. The highest BCUT2D eigenvalue weighted by molar-refractivity contribution is 7.98. The third-order valence-electron chi connectivity index (χ3n) is 3.46. The van der Waals surface area contributed by atoms with Crippen LogP contribution in [0.5, 0.6) is 0 Å². The first-order valence-electron chi connectivity index (χ1n) is 7.15. The van der Waals surface area contributed by atoms with Crippen molar-refractivity contribution in [3.8, 4) is 0 Å². The third-order valence-corrected chi connectivity index (χ3v) is 3.99. The minimum Gasteiger partial charge on any atom is -0.472 e. The van der Waals surface area contributed by atoms with Crippen LogP contribution in [0.25, 0.3) is 0 Å². The molecule has 1 N–H and O–H groups in total. The number of alkyl halides is 3. The van der Waals surface area contributed by atoms with Crippen molar-refractivity contribution >= 4 is 23.7 Å². The van der Waals surface area contributed by atoms with Crippen molar-refractivity contribution in [2.45, 2.75) is 24.3 Å². The number of thioether (sulfide) groups is 1. The number of halogens is 3. The number of ether oxygens (including phenoxy) is 1. The second-order valence-corrected chi connectivity index (χ2v) is 5.73. The fraction of sp³-hybridized carbons (Fsp3) is 0.357. The molecule has 0 saturated heterocycles. The zero-order valence-electron chi connectivity index (χ0n) is 13.1. The molecule has 2 aromatic heterocycles. The summed E-state index contributed by atoms with van der Waals surface area (Å²) in [6.45, 7) is 1.45. The Bertz CT molecular complexity index is 814. The van der Waals surface area contributed by atoms with Gasteiger partial charge in [-0.1, -0.05) is 11.8 Å². The number of nitrogens with one attached hydrogen (secondary N) is 1. The molecule has 0 saturated carbocycles. The predicted molar refractivity (Wildman–Crippen MR) is 82.0 cm³/mol. The summed E-state index contributed by atoms with van der Waals surface area (Å²) in [6, 6.07) is 0.298. The molecule has 0 unspecified atom stereocenters. The lowest BCUT2D eigenvalue weighted by Crippen LogP contribution is -2.35. The number of aromatic nitrogens is 3. The van der Waals surface area contributed by atoms with Crippen molar-refractivity contribution in [1.29, 1.82) is 0 Å². The molecule has 3 rings (SSSR count). The Hall–Kier alpha value is -2.43. The Balaban J connectivity index is 2.24. The second kappa shape index (κ2) is 6.47. The van der Waals surface area contributed by atoms with Crippen molar-refractivity contribution in [3.63, 3.8) is 0 Å². The van der Waals surface area contributed by atoms with E-state index in [1.54, 1.807) is 6.26 Å². The first kappa shape index (κ1) is 17.4. The molecular weight excluding hydrogens is 361 g/mol. The molecule has 1 aliphatic rings. The normalized spacial score (nSPS) is 17.2. The van der Waals surface area contributed by atoms with Gasteiger partial charge in [-0.2, -0.15) is 18.2 Å². The fourth-order valence-corrected chi connectivity index (χ4v) is 2.83. The molecular formula is C14H13F3N4O3S. The number of esters is 1. The number of anilines is 1. The zero-order chi connectivity index (χ0) is 18.2. The molecule has 0 fully saturated rings. The number of hydrogen-bond acceptors (Lipinski definition) is 7. The van der Waals surface area contributed by atoms with E-state index in [0.29, 0.717) is 5.56 Å². The highest BCUT2D eigenvalue weighted by Gasteiger charge is 2.47. The molecule has 3 heterocycles. The minimum atomic E-state index is -4.80. The zero-order valence-corrected chi connectivity index (χ0v) is 13.9. The summed E-state index contributed by atoms with van der Waals surface area (Å²) in [5.41, 5.74) is -1.49. The van der Waals surface area contributed by atoms with E-state index >= 15 is 0 Å². The molecule has 1 aliphatic heterocycles. The Labute approximate surface area is 144 Å². The maximum atomic E-state index is 13.6. The van der Waals surface area contributed by atoms with Crippen molar-refractivity contribution in [3.05, 3.63) is 35.4 Å². The number of fused-ring (bicyclic) bond motifs is 1. The average molecular weight is 374 g/mol. The van der Waals surface area contributed by atoms with Gasteiger partial charge in [-0.15, -0.1) is 5.10 Å².